The van der Waals surface area contributed by atoms with Gasteiger partial charge < -0.3 is 5.73 Å². The second-order valence-electron chi connectivity index (χ2n) is 5.90. The largest absolute Gasteiger partial charge is 0.327 e. The van der Waals surface area contributed by atoms with Crippen molar-refractivity contribution in [2.75, 3.05) is 13.1 Å². The number of nitrogens with zero attached hydrogens (tertiary/aromatic N) is 2. The molecule has 1 aromatic rings. The fraction of sp³-hybridized carbons (Fsp3) is 0.643. The zero-order valence-electron chi connectivity index (χ0n) is 11.5. The minimum Gasteiger partial charge on any atom is -0.327 e. The van der Waals surface area contributed by atoms with Crippen LogP contribution >= 0.6 is 12.4 Å². The third kappa shape index (κ3) is 3.67. The van der Waals surface area contributed by atoms with Crippen LogP contribution in [0.4, 0.5) is 0 Å². The Bertz CT molecular complexity index is 375. The number of halogens is 1. The molecule has 1 fully saturated rings. The highest BCUT2D eigenvalue weighted by molar-refractivity contribution is 5.85. The molecule has 0 amide bonds. The van der Waals surface area contributed by atoms with E-state index in [1.807, 2.05) is 13.1 Å². The van der Waals surface area contributed by atoms with Gasteiger partial charge in [-0.3, -0.25) is 9.88 Å². The van der Waals surface area contributed by atoms with Crippen LogP contribution in [0.5, 0.6) is 0 Å². The van der Waals surface area contributed by atoms with Gasteiger partial charge in [-0.15, -0.1) is 12.4 Å². The maximum Gasteiger partial charge on any atom is 0.0372 e. The molecule has 0 aromatic carbocycles. The molecule has 1 aliphatic rings. The van der Waals surface area contributed by atoms with Gasteiger partial charge in [0.2, 0.25) is 0 Å². The smallest absolute Gasteiger partial charge is 0.0372 e. The van der Waals surface area contributed by atoms with E-state index in [1.165, 1.54) is 5.56 Å². The fourth-order valence-corrected chi connectivity index (χ4v) is 2.47. The van der Waals surface area contributed by atoms with Crippen LogP contribution in [0.3, 0.4) is 0 Å². The highest BCUT2D eigenvalue weighted by atomic mass is 35.5. The van der Waals surface area contributed by atoms with Crippen LogP contribution in [0.25, 0.3) is 0 Å². The molecule has 1 atom stereocenters. The van der Waals surface area contributed by atoms with Crippen LogP contribution in [0, 0.1) is 12.3 Å². The van der Waals surface area contributed by atoms with Crippen LogP contribution in [0.2, 0.25) is 0 Å². The SMILES string of the molecule is Cc1ccc(CN2CCC(N)C(C)(C)C2)cn1.Cl. The lowest BCUT2D eigenvalue weighted by Crippen LogP contribution is -2.52. The minimum absolute atomic E-state index is 0. The number of pyridine rings is 1. The van der Waals surface area contributed by atoms with E-state index in [0.717, 1.165) is 31.7 Å². The van der Waals surface area contributed by atoms with Gasteiger partial charge in [0.15, 0.2) is 0 Å². The Kier molecular flexibility index (Phi) is 5.14. The zero-order chi connectivity index (χ0) is 12.5. The van der Waals surface area contributed by atoms with Crippen molar-refractivity contribution in [3.8, 4) is 0 Å². The number of likely N-dealkylation sites (tertiary alicyclic amines) is 1. The Morgan fingerprint density at radius 3 is 2.72 bits per heavy atom. The summed E-state index contributed by atoms with van der Waals surface area (Å²) in [6, 6.07) is 4.58. The predicted octanol–water partition coefficient (Wildman–Crippen LogP) is 2.37. The molecule has 1 aromatic heterocycles. The van der Waals surface area contributed by atoms with E-state index in [2.05, 4.69) is 35.9 Å². The number of rotatable bonds is 2. The molecule has 2 rings (SSSR count). The molecule has 102 valence electrons. The molecular weight excluding hydrogens is 246 g/mol. The molecule has 0 aliphatic carbocycles. The first kappa shape index (κ1) is 15.4. The fourth-order valence-electron chi connectivity index (χ4n) is 2.47. The van der Waals surface area contributed by atoms with Gasteiger partial charge in [-0.25, -0.2) is 0 Å². The second kappa shape index (κ2) is 6.00. The monoisotopic (exact) mass is 269 g/mol. The summed E-state index contributed by atoms with van der Waals surface area (Å²) in [7, 11) is 0. The van der Waals surface area contributed by atoms with Crippen LogP contribution in [0.1, 0.15) is 31.5 Å². The molecular formula is C14H24ClN3. The van der Waals surface area contributed by atoms with Crippen LogP contribution in [-0.2, 0) is 6.54 Å². The standard InChI is InChI=1S/C14H23N3.ClH/c1-11-4-5-12(8-16-11)9-17-7-6-13(15)14(2,3)10-17;/h4-5,8,13H,6-7,9-10,15H2,1-3H3;1H. The van der Waals surface area contributed by atoms with Crippen molar-refractivity contribution in [2.24, 2.45) is 11.1 Å². The molecule has 0 bridgehead atoms. The van der Waals surface area contributed by atoms with Gasteiger partial charge in [0.1, 0.15) is 0 Å². The highest BCUT2D eigenvalue weighted by Gasteiger charge is 2.33. The number of aromatic nitrogens is 1. The Morgan fingerprint density at radius 1 is 1.44 bits per heavy atom. The molecule has 2 heterocycles. The van der Waals surface area contributed by atoms with E-state index in [1.54, 1.807) is 0 Å². The van der Waals surface area contributed by atoms with Gasteiger partial charge >= 0.3 is 0 Å². The number of nitrogens with two attached hydrogens (primary N) is 1. The lowest BCUT2D eigenvalue weighted by atomic mass is 9.79. The zero-order valence-corrected chi connectivity index (χ0v) is 12.3. The molecule has 18 heavy (non-hydrogen) atoms. The molecule has 1 aliphatic heterocycles. The van der Waals surface area contributed by atoms with Crippen molar-refractivity contribution in [3.05, 3.63) is 29.6 Å². The third-order valence-corrected chi connectivity index (χ3v) is 3.77. The minimum atomic E-state index is 0. The Balaban J connectivity index is 0.00000162. The number of piperidine rings is 1. The lowest BCUT2D eigenvalue weighted by Gasteiger charge is -2.42. The third-order valence-electron chi connectivity index (χ3n) is 3.77. The molecule has 0 saturated carbocycles. The molecule has 0 spiro atoms. The first-order valence-electron chi connectivity index (χ1n) is 6.37. The van der Waals surface area contributed by atoms with Gasteiger partial charge in [-0.2, -0.15) is 0 Å². The molecule has 3 nitrogen and oxygen atoms in total. The predicted molar refractivity (Wildman–Crippen MR) is 77.9 cm³/mol. The molecule has 4 heteroatoms. The summed E-state index contributed by atoms with van der Waals surface area (Å²) in [5.74, 6) is 0. The maximum atomic E-state index is 6.15. The first-order valence-corrected chi connectivity index (χ1v) is 6.37. The van der Waals surface area contributed by atoms with Crippen molar-refractivity contribution >= 4 is 12.4 Å². The lowest BCUT2D eigenvalue weighted by molar-refractivity contribution is 0.0898. The van der Waals surface area contributed by atoms with Gasteiger partial charge in [-0.1, -0.05) is 19.9 Å². The number of hydrogen-bond donors (Lipinski definition) is 1. The van der Waals surface area contributed by atoms with Gasteiger partial charge in [0.25, 0.3) is 0 Å². The van der Waals surface area contributed by atoms with E-state index in [9.17, 15) is 0 Å². The van der Waals surface area contributed by atoms with Crippen molar-refractivity contribution in [1.29, 1.82) is 0 Å². The molecule has 1 unspecified atom stereocenters. The van der Waals surface area contributed by atoms with E-state index < -0.39 is 0 Å². The van der Waals surface area contributed by atoms with Crippen molar-refractivity contribution < 1.29 is 0 Å². The summed E-state index contributed by atoms with van der Waals surface area (Å²) in [6.45, 7) is 9.70. The Morgan fingerprint density at radius 2 is 2.17 bits per heavy atom. The molecule has 1 saturated heterocycles. The topological polar surface area (TPSA) is 42.1 Å². The van der Waals surface area contributed by atoms with Crippen molar-refractivity contribution in [2.45, 2.75) is 39.8 Å². The van der Waals surface area contributed by atoms with E-state index in [-0.39, 0.29) is 17.8 Å². The maximum absolute atomic E-state index is 6.15. The van der Waals surface area contributed by atoms with Crippen LogP contribution in [-0.4, -0.2) is 29.0 Å². The summed E-state index contributed by atoms with van der Waals surface area (Å²) in [4.78, 5) is 6.83. The summed E-state index contributed by atoms with van der Waals surface area (Å²) in [5.41, 5.74) is 8.74. The average Bonchev–Trinajstić information content (AvgIpc) is 2.26. The summed E-state index contributed by atoms with van der Waals surface area (Å²) >= 11 is 0. The summed E-state index contributed by atoms with van der Waals surface area (Å²) in [5, 5.41) is 0. The van der Waals surface area contributed by atoms with Crippen LogP contribution in [0.15, 0.2) is 18.3 Å². The van der Waals surface area contributed by atoms with E-state index in [0.29, 0.717) is 6.04 Å². The first-order chi connectivity index (χ1) is 7.97. The van der Waals surface area contributed by atoms with Gasteiger partial charge in [0, 0.05) is 37.6 Å². The molecule has 2 N–H and O–H groups in total. The second-order valence-corrected chi connectivity index (χ2v) is 5.90. The normalized spacial score (nSPS) is 23.4. The summed E-state index contributed by atoms with van der Waals surface area (Å²) < 4.78 is 0. The van der Waals surface area contributed by atoms with Crippen molar-refractivity contribution in [3.63, 3.8) is 0 Å². The van der Waals surface area contributed by atoms with Crippen molar-refractivity contribution in [1.82, 2.24) is 9.88 Å². The van der Waals surface area contributed by atoms with E-state index in [4.69, 9.17) is 5.73 Å². The van der Waals surface area contributed by atoms with Gasteiger partial charge in [0.05, 0.1) is 0 Å². The van der Waals surface area contributed by atoms with Crippen LogP contribution < -0.4 is 5.73 Å². The summed E-state index contributed by atoms with van der Waals surface area (Å²) in [6.07, 6.45) is 3.07. The number of aryl methyl sites for hydroxylation is 1. The Labute approximate surface area is 116 Å². The average molecular weight is 270 g/mol. The molecule has 0 radical (unpaired) electrons. The quantitative estimate of drug-likeness (QED) is 0.896. The number of hydrogen-bond acceptors (Lipinski definition) is 3. The highest BCUT2D eigenvalue weighted by Crippen LogP contribution is 2.28. The van der Waals surface area contributed by atoms with Gasteiger partial charge in [-0.05, 0) is 30.4 Å². The van der Waals surface area contributed by atoms with E-state index >= 15 is 0 Å². The Hall–Kier alpha value is -0.640.